The lowest BCUT2D eigenvalue weighted by Gasteiger charge is -2.31. The summed E-state index contributed by atoms with van der Waals surface area (Å²) >= 11 is 0. The normalized spacial score (nSPS) is 13.7. The van der Waals surface area contributed by atoms with E-state index >= 15 is 0 Å². The lowest BCUT2D eigenvalue weighted by atomic mass is 9.99. The standard InChI is InChI=1S/C12H24N2/c1-7-9-11(3)10-12(4,5)14(6)13-8-2/h8,10H,7,9H2,1-6H3/b11-10+,13-8-. The Morgan fingerprint density at radius 2 is 2.00 bits per heavy atom. The Hall–Kier alpha value is -0.790. The van der Waals surface area contributed by atoms with Gasteiger partial charge in [-0.1, -0.05) is 25.0 Å². The maximum Gasteiger partial charge on any atom is 0.0701 e. The number of hydrogen-bond donors (Lipinski definition) is 0. The molecule has 82 valence electrons. The third kappa shape index (κ3) is 4.45. The SMILES string of the molecule is C/C=N\N(C)C(C)(C)/C=C(\C)CCC. The highest BCUT2D eigenvalue weighted by Gasteiger charge is 2.18. The largest absolute Gasteiger partial charge is 0.291 e. The van der Waals surface area contributed by atoms with E-state index in [1.54, 1.807) is 0 Å². The molecule has 0 aliphatic rings. The average molecular weight is 196 g/mol. The van der Waals surface area contributed by atoms with Crippen molar-refractivity contribution >= 4 is 6.21 Å². The molecule has 0 N–H and O–H groups in total. The van der Waals surface area contributed by atoms with Crippen LogP contribution in [0.4, 0.5) is 0 Å². The molecule has 0 aliphatic heterocycles. The fourth-order valence-corrected chi connectivity index (χ4v) is 1.48. The van der Waals surface area contributed by atoms with E-state index in [4.69, 9.17) is 0 Å². The first-order valence-electron chi connectivity index (χ1n) is 5.34. The lowest BCUT2D eigenvalue weighted by molar-refractivity contribution is 0.214. The van der Waals surface area contributed by atoms with E-state index in [-0.39, 0.29) is 5.54 Å². The predicted octanol–water partition coefficient (Wildman–Crippen LogP) is 3.45. The van der Waals surface area contributed by atoms with E-state index in [2.05, 4.69) is 38.9 Å². The Balaban J connectivity index is 4.52. The summed E-state index contributed by atoms with van der Waals surface area (Å²) in [6.45, 7) is 10.7. The van der Waals surface area contributed by atoms with Crippen LogP contribution in [-0.2, 0) is 0 Å². The minimum absolute atomic E-state index is 0.00572. The molecule has 0 aromatic heterocycles. The summed E-state index contributed by atoms with van der Waals surface area (Å²) in [6.07, 6.45) is 6.50. The minimum Gasteiger partial charge on any atom is -0.291 e. The van der Waals surface area contributed by atoms with Gasteiger partial charge in [0, 0.05) is 13.3 Å². The van der Waals surface area contributed by atoms with Crippen LogP contribution in [0, 0.1) is 0 Å². The molecule has 0 heterocycles. The Labute approximate surface area is 88.7 Å². The zero-order valence-corrected chi connectivity index (χ0v) is 10.5. The number of allylic oxidation sites excluding steroid dienone is 1. The van der Waals surface area contributed by atoms with Crippen molar-refractivity contribution in [2.45, 2.75) is 53.0 Å². The molecular formula is C12H24N2. The molecule has 0 bridgehead atoms. The molecule has 0 saturated heterocycles. The van der Waals surface area contributed by atoms with Crippen molar-refractivity contribution in [1.82, 2.24) is 5.01 Å². The van der Waals surface area contributed by atoms with Gasteiger partial charge in [0.2, 0.25) is 0 Å². The summed E-state index contributed by atoms with van der Waals surface area (Å²) in [5.41, 5.74) is 1.45. The maximum atomic E-state index is 4.27. The smallest absolute Gasteiger partial charge is 0.0701 e. The van der Waals surface area contributed by atoms with E-state index in [9.17, 15) is 0 Å². The molecule has 0 saturated carbocycles. The number of rotatable bonds is 5. The summed E-state index contributed by atoms with van der Waals surface area (Å²) < 4.78 is 0. The van der Waals surface area contributed by atoms with Crippen LogP contribution in [0.2, 0.25) is 0 Å². The molecule has 0 aliphatic carbocycles. The third-order valence-corrected chi connectivity index (χ3v) is 2.37. The van der Waals surface area contributed by atoms with Crippen molar-refractivity contribution in [3.8, 4) is 0 Å². The summed E-state index contributed by atoms with van der Waals surface area (Å²) in [5.74, 6) is 0. The Bertz CT molecular complexity index is 214. The molecular weight excluding hydrogens is 172 g/mol. The van der Waals surface area contributed by atoms with Crippen LogP contribution in [0.25, 0.3) is 0 Å². The van der Waals surface area contributed by atoms with Gasteiger partial charge in [-0.25, -0.2) is 0 Å². The van der Waals surface area contributed by atoms with Crippen LogP contribution in [0.5, 0.6) is 0 Å². The van der Waals surface area contributed by atoms with Gasteiger partial charge in [-0.2, -0.15) is 5.10 Å². The second-order valence-corrected chi connectivity index (χ2v) is 4.29. The van der Waals surface area contributed by atoms with Crippen molar-refractivity contribution in [1.29, 1.82) is 0 Å². The first-order chi connectivity index (χ1) is 6.44. The van der Waals surface area contributed by atoms with Gasteiger partial charge in [-0.15, -0.1) is 0 Å². The van der Waals surface area contributed by atoms with E-state index in [1.165, 1.54) is 18.4 Å². The topological polar surface area (TPSA) is 15.6 Å². The highest BCUT2D eigenvalue weighted by molar-refractivity contribution is 5.52. The lowest BCUT2D eigenvalue weighted by Crippen LogP contribution is -2.35. The first kappa shape index (κ1) is 13.2. The fourth-order valence-electron chi connectivity index (χ4n) is 1.48. The predicted molar refractivity (Wildman–Crippen MR) is 64.7 cm³/mol. The van der Waals surface area contributed by atoms with Crippen molar-refractivity contribution < 1.29 is 0 Å². The zero-order valence-electron chi connectivity index (χ0n) is 10.5. The summed E-state index contributed by atoms with van der Waals surface area (Å²) in [5, 5.41) is 6.27. The van der Waals surface area contributed by atoms with Gasteiger partial charge in [0.25, 0.3) is 0 Å². The molecule has 14 heavy (non-hydrogen) atoms. The second kappa shape index (κ2) is 5.84. The van der Waals surface area contributed by atoms with Crippen molar-refractivity contribution in [3.63, 3.8) is 0 Å². The number of likely N-dealkylation sites (N-methyl/N-ethyl adjacent to an activating group) is 1. The minimum atomic E-state index is 0.00572. The third-order valence-electron chi connectivity index (χ3n) is 2.37. The van der Waals surface area contributed by atoms with Gasteiger partial charge in [0.1, 0.15) is 0 Å². The molecule has 2 heteroatoms. The number of hydrogen-bond acceptors (Lipinski definition) is 2. The van der Waals surface area contributed by atoms with Crippen LogP contribution in [0.15, 0.2) is 16.8 Å². The van der Waals surface area contributed by atoms with Crippen LogP contribution < -0.4 is 0 Å². The summed E-state index contributed by atoms with van der Waals surface area (Å²) in [6, 6.07) is 0. The quantitative estimate of drug-likeness (QED) is 0.373. The molecule has 2 nitrogen and oxygen atoms in total. The first-order valence-corrected chi connectivity index (χ1v) is 5.34. The van der Waals surface area contributed by atoms with Crippen molar-refractivity contribution in [2.24, 2.45) is 5.10 Å². The maximum absolute atomic E-state index is 4.27. The van der Waals surface area contributed by atoms with Gasteiger partial charge in [-0.05, 0) is 34.1 Å². The van der Waals surface area contributed by atoms with Gasteiger partial charge in [0.05, 0.1) is 5.54 Å². The van der Waals surface area contributed by atoms with E-state index in [0.717, 1.165) is 0 Å². The van der Waals surface area contributed by atoms with Crippen molar-refractivity contribution in [3.05, 3.63) is 11.6 Å². The Morgan fingerprint density at radius 1 is 1.43 bits per heavy atom. The molecule has 0 fully saturated rings. The second-order valence-electron chi connectivity index (χ2n) is 4.29. The fraction of sp³-hybridized carbons (Fsp3) is 0.750. The highest BCUT2D eigenvalue weighted by atomic mass is 15.5. The Kier molecular flexibility index (Phi) is 5.51. The molecule has 0 amide bonds. The summed E-state index contributed by atoms with van der Waals surface area (Å²) in [4.78, 5) is 0. The van der Waals surface area contributed by atoms with Gasteiger partial charge >= 0.3 is 0 Å². The zero-order chi connectivity index (χ0) is 11.2. The summed E-state index contributed by atoms with van der Waals surface area (Å²) in [7, 11) is 2.01. The van der Waals surface area contributed by atoms with Crippen LogP contribution >= 0.6 is 0 Å². The van der Waals surface area contributed by atoms with Crippen LogP contribution in [0.1, 0.15) is 47.5 Å². The molecule has 0 rings (SSSR count). The number of nitrogens with zero attached hydrogens (tertiary/aromatic N) is 2. The van der Waals surface area contributed by atoms with Crippen LogP contribution in [-0.4, -0.2) is 23.8 Å². The van der Waals surface area contributed by atoms with Gasteiger partial charge in [-0.3, -0.25) is 5.01 Å². The monoisotopic (exact) mass is 196 g/mol. The molecule has 0 atom stereocenters. The van der Waals surface area contributed by atoms with E-state index in [1.807, 2.05) is 25.2 Å². The highest BCUT2D eigenvalue weighted by Crippen LogP contribution is 2.18. The molecule has 0 radical (unpaired) electrons. The molecule has 0 aromatic rings. The van der Waals surface area contributed by atoms with E-state index in [0.29, 0.717) is 0 Å². The number of hydrazone groups is 1. The average Bonchev–Trinajstić information content (AvgIpc) is 2.03. The van der Waals surface area contributed by atoms with Crippen molar-refractivity contribution in [2.75, 3.05) is 7.05 Å². The molecule has 0 spiro atoms. The van der Waals surface area contributed by atoms with Gasteiger partial charge < -0.3 is 0 Å². The molecule has 0 unspecified atom stereocenters. The Morgan fingerprint density at radius 3 is 2.43 bits per heavy atom. The van der Waals surface area contributed by atoms with Gasteiger partial charge in [0.15, 0.2) is 0 Å². The van der Waals surface area contributed by atoms with Crippen LogP contribution in [0.3, 0.4) is 0 Å². The van der Waals surface area contributed by atoms with E-state index < -0.39 is 0 Å². The molecule has 0 aromatic carbocycles.